The Balaban J connectivity index is 1.29. The second-order valence-electron chi connectivity index (χ2n) is 18.4. The maximum Gasteiger partial charge on any atom is 0.311 e. The van der Waals surface area contributed by atoms with Crippen LogP contribution in [-0.4, -0.2) is 160 Å². The fourth-order valence-electron chi connectivity index (χ4n) is 9.47. The third-order valence-corrected chi connectivity index (χ3v) is 13.5. The summed E-state index contributed by atoms with van der Waals surface area (Å²) in [6.07, 6.45) is -1.92. The molecule has 338 valence electrons. The number of likely N-dealkylation sites (N-methyl/N-ethyl adjacent to an activating group) is 2. The number of amides is 1. The van der Waals surface area contributed by atoms with Crippen LogP contribution in [0.3, 0.4) is 0 Å². The number of aliphatic hydroxyl groups excluding tert-OH is 2. The van der Waals surface area contributed by atoms with Gasteiger partial charge in [-0.25, -0.2) is 0 Å². The smallest absolute Gasteiger partial charge is 0.311 e. The first-order chi connectivity index (χ1) is 28.1. The molecule has 14 atom stereocenters. The van der Waals surface area contributed by atoms with Crippen LogP contribution in [0.5, 0.6) is 0 Å². The van der Waals surface area contributed by atoms with E-state index in [2.05, 4.69) is 20.5 Å². The van der Waals surface area contributed by atoms with Crippen molar-refractivity contribution in [2.24, 2.45) is 17.8 Å². The first kappa shape index (κ1) is 48.3. The lowest BCUT2D eigenvalue weighted by Crippen LogP contribution is -2.60. The van der Waals surface area contributed by atoms with Crippen LogP contribution >= 0.6 is 11.6 Å². The van der Waals surface area contributed by atoms with Crippen molar-refractivity contribution in [1.82, 2.24) is 20.1 Å². The Hall–Kier alpha value is -2.70. The number of esters is 1. The third kappa shape index (κ3) is 10.7. The van der Waals surface area contributed by atoms with Gasteiger partial charge in [0.2, 0.25) is 5.91 Å². The number of anilines is 1. The Kier molecular flexibility index (Phi) is 15.9. The maximum absolute atomic E-state index is 13.7. The molecular formula is C44H70ClN5O10. The van der Waals surface area contributed by atoms with Crippen molar-refractivity contribution in [1.29, 1.82) is 0 Å². The molecule has 5 rings (SSSR count). The minimum atomic E-state index is -1.64. The molecule has 2 unspecified atom stereocenters. The number of carbonyl (C=O) groups is 2. The van der Waals surface area contributed by atoms with E-state index < -0.39 is 71.4 Å². The number of hydrogen-bond acceptors (Lipinski definition) is 14. The van der Waals surface area contributed by atoms with Crippen molar-refractivity contribution in [3.63, 3.8) is 0 Å². The van der Waals surface area contributed by atoms with Gasteiger partial charge in [-0.05, 0) is 105 Å². The Morgan fingerprint density at radius 3 is 2.53 bits per heavy atom. The van der Waals surface area contributed by atoms with Crippen molar-refractivity contribution in [2.45, 2.75) is 146 Å². The number of carbonyl (C=O) groups excluding carboxylic acids is 2. The van der Waals surface area contributed by atoms with E-state index in [0.29, 0.717) is 31.0 Å². The van der Waals surface area contributed by atoms with E-state index in [1.165, 1.54) is 0 Å². The van der Waals surface area contributed by atoms with Crippen LogP contribution < -0.4 is 10.6 Å². The molecule has 3 heterocycles. The summed E-state index contributed by atoms with van der Waals surface area (Å²) in [4.78, 5) is 34.9. The van der Waals surface area contributed by atoms with E-state index in [-0.39, 0.29) is 56.4 Å². The Labute approximate surface area is 360 Å². The van der Waals surface area contributed by atoms with Crippen LogP contribution in [0.1, 0.15) is 80.6 Å². The van der Waals surface area contributed by atoms with Gasteiger partial charge in [0.25, 0.3) is 0 Å². The van der Waals surface area contributed by atoms with Gasteiger partial charge >= 0.3 is 5.97 Å². The highest BCUT2D eigenvalue weighted by molar-refractivity contribution is 6.31. The van der Waals surface area contributed by atoms with Gasteiger partial charge in [-0.15, -0.1) is 0 Å². The van der Waals surface area contributed by atoms with Crippen molar-refractivity contribution in [3.8, 4) is 0 Å². The molecule has 0 bridgehead atoms. The number of halogens is 1. The molecular weight excluding hydrogens is 794 g/mol. The molecule has 2 aromatic rings. The zero-order valence-electron chi connectivity index (χ0n) is 37.1. The number of aromatic nitrogens is 1. The molecule has 2 saturated heterocycles. The number of fused-ring (bicyclic) bond motifs is 2. The van der Waals surface area contributed by atoms with E-state index in [1.54, 1.807) is 46.0 Å². The van der Waals surface area contributed by atoms with Crippen LogP contribution in [0, 0.1) is 17.8 Å². The summed E-state index contributed by atoms with van der Waals surface area (Å²) in [6.45, 7) is 13.7. The molecule has 1 aromatic heterocycles. The normalized spacial score (nSPS) is 38.4. The molecule has 16 heteroatoms. The van der Waals surface area contributed by atoms with Crippen LogP contribution in [0.2, 0.25) is 5.02 Å². The van der Waals surface area contributed by atoms with E-state index in [1.807, 2.05) is 58.9 Å². The molecule has 1 aromatic carbocycles. The molecule has 0 spiro atoms. The molecule has 1 aliphatic carbocycles. The summed E-state index contributed by atoms with van der Waals surface area (Å²) < 4.78 is 25.8. The van der Waals surface area contributed by atoms with Crippen molar-refractivity contribution in [3.05, 3.63) is 35.5 Å². The van der Waals surface area contributed by atoms with Crippen molar-refractivity contribution in [2.75, 3.05) is 52.7 Å². The lowest BCUT2D eigenvalue weighted by atomic mass is 9.78. The van der Waals surface area contributed by atoms with E-state index >= 15 is 0 Å². The van der Waals surface area contributed by atoms with Gasteiger partial charge in [0, 0.05) is 66.4 Å². The number of pyridine rings is 1. The number of benzene rings is 1. The molecule has 1 saturated carbocycles. The van der Waals surface area contributed by atoms with Gasteiger partial charge < -0.3 is 59.8 Å². The summed E-state index contributed by atoms with van der Waals surface area (Å²) in [7, 11) is 5.78. The average Bonchev–Trinajstić information content (AvgIpc) is 3.80. The molecule has 3 fully saturated rings. The molecule has 1 amide bonds. The molecule has 3 aliphatic rings. The Morgan fingerprint density at radius 2 is 1.85 bits per heavy atom. The average molecular weight is 865 g/mol. The first-order valence-electron chi connectivity index (χ1n) is 21.5. The number of hydrogen-bond donors (Lipinski definition) is 6. The van der Waals surface area contributed by atoms with Crippen LogP contribution in [0.4, 0.5) is 5.69 Å². The van der Waals surface area contributed by atoms with Crippen LogP contribution in [-0.2, 0) is 28.5 Å². The minimum absolute atomic E-state index is 0.0643. The SMILES string of the molecule is CC[C@]12C[C@]1(O)[C@H](O)C(C)N(C)C[C@H](C)C[C@@](C)(O)[C@H](O[C@@H]1OC(C)C[C@H](N(C)C)[C@H]1OCCCNC(=O)CNc1ccnc3cc(Cl)ccc13)[C@@H](C)[C@H](O)[C@@H](C)C(=O)O2. The van der Waals surface area contributed by atoms with Gasteiger partial charge in [0.1, 0.15) is 23.4 Å². The van der Waals surface area contributed by atoms with E-state index in [0.717, 1.165) is 16.6 Å². The quantitative estimate of drug-likeness (QED) is 0.134. The van der Waals surface area contributed by atoms with E-state index in [9.17, 15) is 30.0 Å². The molecule has 60 heavy (non-hydrogen) atoms. The predicted molar refractivity (Wildman–Crippen MR) is 229 cm³/mol. The number of aliphatic hydroxyl groups is 4. The highest BCUT2D eigenvalue weighted by atomic mass is 35.5. The second kappa shape index (κ2) is 19.8. The van der Waals surface area contributed by atoms with Gasteiger partial charge in [-0.3, -0.25) is 14.6 Å². The highest BCUT2D eigenvalue weighted by Gasteiger charge is 2.74. The minimum Gasteiger partial charge on any atom is -0.455 e. The molecule has 6 N–H and O–H groups in total. The molecule has 15 nitrogen and oxygen atoms in total. The largest absolute Gasteiger partial charge is 0.455 e. The number of ether oxygens (including phenoxy) is 4. The number of rotatable bonds is 12. The van der Waals surface area contributed by atoms with Crippen LogP contribution in [0.15, 0.2) is 30.5 Å². The van der Waals surface area contributed by atoms with Gasteiger partial charge in [-0.1, -0.05) is 32.4 Å². The lowest BCUT2D eigenvalue weighted by Gasteiger charge is -2.48. The summed E-state index contributed by atoms with van der Waals surface area (Å²) >= 11 is 6.12. The standard InChI is InChI=1S/C44H70ClN5O10/c1-11-43-24-44(43,56)38(53)29(6)50(10)23-25(2)21-42(7,55)39(27(4)36(52)28(5)40(54)60-43)59-41-37(34(49(8)9)19-26(3)58-41)57-18-12-16-47-35(51)22-48-32-15-17-46-33-20-30(45)13-14-31(32)33/h13-15,17,20,25-29,34,36-39,41,52-53,55-56H,11-12,16,18-19,21-24H2,1-10H3,(H,46,48)(H,47,51)/t25-,26?,27+,28-,29?,34+,36+,37-,38-,39-,41+,42-,43+,44+/m1/s1. The zero-order chi connectivity index (χ0) is 44.3. The topological polar surface area (TPSA) is 195 Å². The maximum atomic E-state index is 13.7. The fourth-order valence-corrected chi connectivity index (χ4v) is 9.64. The Bertz CT molecular complexity index is 1770. The first-order valence-corrected chi connectivity index (χ1v) is 21.9. The summed E-state index contributed by atoms with van der Waals surface area (Å²) in [5, 5.41) is 54.8. The van der Waals surface area contributed by atoms with Gasteiger partial charge in [0.05, 0.1) is 41.9 Å². The number of nitrogens with zero attached hydrogens (tertiary/aromatic N) is 3. The lowest BCUT2D eigenvalue weighted by molar-refractivity contribution is -0.306. The predicted octanol–water partition coefficient (Wildman–Crippen LogP) is 3.57. The second-order valence-corrected chi connectivity index (χ2v) is 18.8. The van der Waals surface area contributed by atoms with Crippen molar-refractivity contribution >= 4 is 40.1 Å². The van der Waals surface area contributed by atoms with Crippen molar-refractivity contribution < 1.29 is 49.0 Å². The van der Waals surface area contributed by atoms with Gasteiger partial charge in [-0.2, -0.15) is 0 Å². The monoisotopic (exact) mass is 863 g/mol. The molecule has 0 radical (unpaired) electrons. The van der Waals surface area contributed by atoms with Crippen LogP contribution in [0.25, 0.3) is 10.9 Å². The number of nitrogens with one attached hydrogen (secondary N) is 2. The third-order valence-electron chi connectivity index (χ3n) is 13.2. The molecule has 2 aliphatic heterocycles. The summed E-state index contributed by atoms with van der Waals surface area (Å²) in [5.41, 5.74) is -2.95. The Morgan fingerprint density at radius 1 is 1.13 bits per heavy atom. The van der Waals surface area contributed by atoms with Gasteiger partial charge in [0.15, 0.2) is 6.29 Å². The fraction of sp³-hybridized carbons (Fsp3) is 0.750. The summed E-state index contributed by atoms with van der Waals surface area (Å²) in [6, 6.07) is 6.60. The summed E-state index contributed by atoms with van der Waals surface area (Å²) in [5.74, 6) is -2.88. The highest BCUT2D eigenvalue weighted by Crippen LogP contribution is 2.56. The zero-order valence-corrected chi connectivity index (χ0v) is 37.8. The van der Waals surface area contributed by atoms with E-state index in [4.69, 9.17) is 30.5 Å².